The first-order chi connectivity index (χ1) is 24.2. The second-order valence-corrected chi connectivity index (χ2v) is 12.1. The number of aromatic hydroxyl groups is 1. The highest BCUT2D eigenvalue weighted by molar-refractivity contribution is 6.05. The lowest BCUT2D eigenvalue weighted by Gasteiger charge is -2.27. The lowest BCUT2D eigenvalue weighted by atomic mass is 9.82. The van der Waals surface area contributed by atoms with Gasteiger partial charge in [-0.3, -0.25) is 0 Å². The molecule has 1 N–H and O–H groups in total. The zero-order valence-corrected chi connectivity index (χ0v) is 27.6. The molecule has 2 aliphatic rings. The van der Waals surface area contributed by atoms with Crippen molar-refractivity contribution in [3.8, 4) is 39.9 Å². The van der Waals surface area contributed by atoms with E-state index in [1.165, 1.54) is 18.2 Å². The second kappa shape index (κ2) is 14.7. The predicted octanol–water partition coefficient (Wildman–Crippen LogP) is 9.62. The SMILES string of the molecule is C=CC1CCC(COc2ccc3c(c2F)OCc2c-3ccc(OCC)c2F)CC1.CCOc1ccc2c(c1F)c(=O)oc1c(F)c(O)ccc12. The fraction of sp³-hybridized carbons (Fsp3) is 0.308. The van der Waals surface area contributed by atoms with Crippen LogP contribution < -0.4 is 24.6 Å². The molecule has 1 saturated carbocycles. The van der Waals surface area contributed by atoms with Crippen molar-refractivity contribution in [1.29, 1.82) is 0 Å². The van der Waals surface area contributed by atoms with Gasteiger partial charge in [-0.25, -0.2) is 13.6 Å². The van der Waals surface area contributed by atoms with Gasteiger partial charge in [0.1, 0.15) is 12.0 Å². The smallest absolute Gasteiger partial charge is 0.347 e. The molecule has 0 spiro atoms. The fourth-order valence-corrected chi connectivity index (χ4v) is 6.45. The molecule has 7 rings (SSSR count). The van der Waals surface area contributed by atoms with Crippen LogP contribution in [0.3, 0.4) is 0 Å². The average Bonchev–Trinajstić information content (AvgIpc) is 3.12. The van der Waals surface area contributed by atoms with Gasteiger partial charge in [0, 0.05) is 21.9 Å². The number of phenols is 1. The molecule has 7 nitrogen and oxygen atoms in total. The van der Waals surface area contributed by atoms with Crippen LogP contribution in [0, 0.1) is 35.1 Å². The van der Waals surface area contributed by atoms with Crippen molar-refractivity contribution in [2.45, 2.75) is 46.1 Å². The number of fused-ring (bicyclic) bond motifs is 6. The number of hydrogen-bond acceptors (Lipinski definition) is 7. The van der Waals surface area contributed by atoms with E-state index in [4.69, 9.17) is 23.4 Å². The maximum atomic E-state index is 15.0. The molecule has 0 radical (unpaired) electrons. The van der Waals surface area contributed by atoms with Gasteiger partial charge in [0.2, 0.25) is 11.6 Å². The summed E-state index contributed by atoms with van der Waals surface area (Å²) in [6.45, 7) is 8.41. The van der Waals surface area contributed by atoms with Crippen LogP contribution in [-0.4, -0.2) is 24.9 Å². The maximum Gasteiger partial charge on any atom is 0.347 e. The summed E-state index contributed by atoms with van der Waals surface area (Å²) < 4.78 is 84.4. The molecule has 262 valence electrons. The molecule has 0 amide bonds. The average molecular weight is 693 g/mol. The molecule has 1 fully saturated rings. The molecule has 1 aliphatic carbocycles. The summed E-state index contributed by atoms with van der Waals surface area (Å²) in [5, 5.41) is 9.40. The Balaban J connectivity index is 0.000000182. The van der Waals surface area contributed by atoms with Gasteiger partial charge in [0.25, 0.3) is 0 Å². The van der Waals surface area contributed by atoms with Gasteiger partial charge in [-0.15, -0.1) is 6.58 Å². The highest BCUT2D eigenvalue weighted by atomic mass is 19.1. The van der Waals surface area contributed by atoms with Crippen molar-refractivity contribution < 1.29 is 46.0 Å². The summed E-state index contributed by atoms with van der Waals surface area (Å²) in [5.74, 6) is -2.10. The molecule has 4 aromatic carbocycles. The van der Waals surface area contributed by atoms with Gasteiger partial charge in [0.15, 0.2) is 46.0 Å². The van der Waals surface area contributed by atoms with Crippen LogP contribution in [0.15, 0.2) is 70.4 Å². The maximum absolute atomic E-state index is 15.0. The van der Waals surface area contributed by atoms with Crippen LogP contribution in [-0.2, 0) is 6.61 Å². The molecular formula is C39H36F4O7. The number of ether oxygens (including phenoxy) is 4. The third-order valence-corrected chi connectivity index (χ3v) is 9.09. The zero-order valence-electron chi connectivity index (χ0n) is 27.6. The lowest BCUT2D eigenvalue weighted by Crippen LogP contribution is -2.19. The van der Waals surface area contributed by atoms with E-state index in [0.29, 0.717) is 41.7 Å². The van der Waals surface area contributed by atoms with E-state index in [2.05, 4.69) is 6.58 Å². The second-order valence-electron chi connectivity index (χ2n) is 12.1. The summed E-state index contributed by atoms with van der Waals surface area (Å²) in [6.07, 6.45) is 6.37. The normalized spacial score (nSPS) is 16.4. The summed E-state index contributed by atoms with van der Waals surface area (Å²) in [6, 6.07) is 12.0. The van der Waals surface area contributed by atoms with E-state index >= 15 is 4.39 Å². The fourth-order valence-electron chi connectivity index (χ4n) is 6.45. The van der Waals surface area contributed by atoms with Crippen molar-refractivity contribution in [1.82, 2.24) is 0 Å². The Morgan fingerprint density at radius 3 is 2.08 bits per heavy atom. The monoisotopic (exact) mass is 692 g/mol. The summed E-state index contributed by atoms with van der Waals surface area (Å²) in [7, 11) is 0. The Morgan fingerprint density at radius 2 is 1.40 bits per heavy atom. The van der Waals surface area contributed by atoms with E-state index in [1.54, 1.807) is 38.1 Å². The number of phenolic OH excluding ortho intramolecular Hbond substituents is 1. The lowest BCUT2D eigenvalue weighted by molar-refractivity contribution is 0.186. The molecule has 11 heteroatoms. The highest BCUT2D eigenvalue weighted by Crippen LogP contribution is 2.44. The minimum Gasteiger partial charge on any atom is -0.505 e. The zero-order chi connectivity index (χ0) is 35.5. The standard InChI is InChI=1S/C24H26F2O3.C15H10F2O4/c1-3-15-5-7-16(8-6-15)13-28-21-12-10-18-17-9-11-20(27-4-2)22(25)19(17)14-29-24(18)23(21)26;1-2-20-10-6-4-7-8-3-5-9(18)12(16)14(8)21-15(19)11(7)13(10)17/h3,9-12,15-16H,1,4-8,13-14H2,2H3;3-6,18H,2H2,1H3. The van der Waals surface area contributed by atoms with E-state index in [0.717, 1.165) is 31.7 Å². The van der Waals surface area contributed by atoms with Crippen molar-refractivity contribution in [3.05, 3.63) is 100 Å². The van der Waals surface area contributed by atoms with Crippen molar-refractivity contribution in [2.24, 2.45) is 11.8 Å². The molecule has 0 atom stereocenters. The van der Waals surface area contributed by atoms with Gasteiger partial charge >= 0.3 is 5.63 Å². The van der Waals surface area contributed by atoms with Gasteiger partial charge in [0.05, 0.1) is 19.8 Å². The van der Waals surface area contributed by atoms with Gasteiger partial charge in [-0.2, -0.15) is 8.78 Å². The molecule has 5 aromatic rings. The first-order valence-electron chi connectivity index (χ1n) is 16.5. The molecule has 0 bridgehead atoms. The molecule has 0 unspecified atom stereocenters. The molecule has 1 aromatic heterocycles. The van der Waals surface area contributed by atoms with Crippen LogP contribution in [0.5, 0.6) is 28.7 Å². The van der Waals surface area contributed by atoms with Gasteiger partial charge < -0.3 is 28.5 Å². The van der Waals surface area contributed by atoms with Crippen molar-refractivity contribution in [2.75, 3.05) is 19.8 Å². The number of halogens is 4. The number of hydrogen-bond donors (Lipinski definition) is 1. The van der Waals surface area contributed by atoms with Gasteiger partial charge in [-0.05, 0) is 105 Å². The van der Waals surface area contributed by atoms with E-state index in [-0.39, 0.29) is 52.4 Å². The molecular weight excluding hydrogens is 656 g/mol. The molecule has 1 aliphatic heterocycles. The summed E-state index contributed by atoms with van der Waals surface area (Å²) >= 11 is 0. The Kier molecular flexibility index (Phi) is 10.2. The Bertz CT molecular complexity index is 2120. The minimum absolute atomic E-state index is 0.0407. The molecule has 50 heavy (non-hydrogen) atoms. The van der Waals surface area contributed by atoms with Crippen molar-refractivity contribution in [3.63, 3.8) is 0 Å². The Hall–Kier alpha value is -5.19. The topological polar surface area (TPSA) is 87.4 Å². The van der Waals surface area contributed by atoms with E-state index in [1.807, 2.05) is 6.08 Å². The third-order valence-electron chi connectivity index (χ3n) is 9.09. The predicted molar refractivity (Wildman–Crippen MR) is 181 cm³/mol. The van der Waals surface area contributed by atoms with Crippen molar-refractivity contribution >= 4 is 21.7 Å². The Labute approximate surface area is 285 Å². The molecule has 2 heterocycles. The van der Waals surface area contributed by atoms with Gasteiger partial charge in [-0.1, -0.05) is 6.08 Å². The van der Waals surface area contributed by atoms with Crippen LogP contribution in [0.2, 0.25) is 0 Å². The quantitative estimate of drug-likeness (QED) is 0.0750. The first-order valence-corrected chi connectivity index (χ1v) is 16.5. The number of rotatable bonds is 8. The summed E-state index contributed by atoms with van der Waals surface area (Å²) in [5.41, 5.74) is 0.109. The van der Waals surface area contributed by atoms with E-state index in [9.17, 15) is 23.1 Å². The Morgan fingerprint density at radius 1 is 0.780 bits per heavy atom. The molecule has 0 saturated heterocycles. The van der Waals surface area contributed by atoms with Crippen LogP contribution in [0.25, 0.3) is 32.9 Å². The first kappa shape index (κ1) is 34.7. The van der Waals surface area contributed by atoms with Crippen LogP contribution >= 0.6 is 0 Å². The van der Waals surface area contributed by atoms with Crippen LogP contribution in [0.1, 0.15) is 45.1 Å². The highest BCUT2D eigenvalue weighted by Gasteiger charge is 2.28. The third kappa shape index (κ3) is 6.56. The largest absolute Gasteiger partial charge is 0.505 e. The minimum atomic E-state index is -1.05. The van der Waals surface area contributed by atoms with Crippen LogP contribution in [0.4, 0.5) is 17.6 Å². The van der Waals surface area contributed by atoms with E-state index < -0.39 is 40.2 Å². The number of allylic oxidation sites excluding steroid dienone is 1. The number of benzene rings is 4. The summed E-state index contributed by atoms with van der Waals surface area (Å²) in [4.78, 5) is 11.9.